The van der Waals surface area contributed by atoms with E-state index in [0.717, 1.165) is 23.5 Å². The molecule has 0 radical (unpaired) electrons. The summed E-state index contributed by atoms with van der Waals surface area (Å²) in [4.78, 5) is 16.5. The summed E-state index contributed by atoms with van der Waals surface area (Å²) in [7, 11) is 0. The highest BCUT2D eigenvalue weighted by atomic mass is 32.1. The van der Waals surface area contributed by atoms with Gasteiger partial charge in [0.25, 0.3) is 0 Å². The van der Waals surface area contributed by atoms with Gasteiger partial charge in [-0.05, 0) is 31.6 Å². The van der Waals surface area contributed by atoms with Crippen molar-refractivity contribution < 1.29 is 9.90 Å². The van der Waals surface area contributed by atoms with Crippen molar-refractivity contribution >= 4 is 17.2 Å². The first-order valence-corrected chi connectivity index (χ1v) is 7.74. The minimum atomic E-state index is -0.571. The summed E-state index contributed by atoms with van der Waals surface area (Å²) in [5.41, 5.74) is 1.00. The minimum absolute atomic E-state index is 0.0329. The number of aliphatic hydroxyl groups excluding tert-OH is 1. The van der Waals surface area contributed by atoms with Crippen LogP contribution in [-0.4, -0.2) is 22.1 Å². The molecular weight excluding hydrogens is 260 g/mol. The molecule has 1 aromatic rings. The maximum Gasteiger partial charge on any atom is 0.223 e. The number of nitrogens with zero attached hydrogens (tertiary/aromatic N) is 1. The lowest BCUT2D eigenvalue weighted by atomic mass is 10.0. The molecule has 1 heterocycles. The van der Waals surface area contributed by atoms with E-state index >= 15 is 0 Å². The van der Waals surface area contributed by atoms with Crippen LogP contribution in [0.25, 0.3) is 0 Å². The molecule has 1 amide bonds. The summed E-state index contributed by atoms with van der Waals surface area (Å²) in [5, 5.41) is 15.8. The van der Waals surface area contributed by atoms with Crippen molar-refractivity contribution in [3.05, 3.63) is 16.1 Å². The molecule has 0 aromatic carbocycles. The second-order valence-electron chi connectivity index (χ2n) is 5.73. The monoisotopic (exact) mass is 282 g/mol. The van der Waals surface area contributed by atoms with Crippen LogP contribution < -0.4 is 5.32 Å². The van der Waals surface area contributed by atoms with E-state index in [-0.39, 0.29) is 24.3 Å². The summed E-state index contributed by atoms with van der Waals surface area (Å²) in [6, 6.07) is 0.0329. The lowest BCUT2D eigenvalue weighted by molar-refractivity contribution is -0.124. The molecule has 0 saturated heterocycles. The molecule has 1 saturated carbocycles. The van der Waals surface area contributed by atoms with Crippen molar-refractivity contribution in [2.45, 2.75) is 52.2 Å². The zero-order valence-electron chi connectivity index (χ0n) is 11.7. The number of amides is 1. The number of carbonyl (C=O) groups excluding carboxylic acids is 1. The zero-order valence-corrected chi connectivity index (χ0v) is 12.5. The number of nitrogens with one attached hydrogen (secondary N) is 1. The Morgan fingerprint density at radius 2 is 2.26 bits per heavy atom. The third kappa shape index (κ3) is 4.01. The summed E-state index contributed by atoms with van der Waals surface area (Å²) in [6.45, 7) is 5.80. The standard InChI is InChI=1S/C14H22N2O2S/c1-8(2)11(17)6-12(18)16-13(10-4-5-10)14-15-9(3)7-19-14/h7-8,10-11,13,17H,4-6H2,1-3H3,(H,16,18). The third-order valence-electron chi connectivity index (χ3n) is 3.48. The van der Waals surface area contributed by atoms with Gasteiger partial charge in [-0.2, -0.15) is 0 Å². The largest absolute Gasteiger partial charge is 0.392 e. The smallest absolute Gasteiger partial charge is 0.223 e. The Labute approximate surface area is 118 Å². The quantitative estimate of drug-likeness (QED) is 0.842. The second kappa shape index (κ2) is 6.01. The van der Waals surface area contributed by atoms with Gasteiger partial charge in [-0.1, -0.05) is 13.8 Å². The molecule has 1 aromatic heterocycles. The Balaban J connectivity index is 1.96. The number of hydrogen-bond acceptors (Lipinski definition) is 4. The maximum absolute atomic E-state index is 12.0. The first-order chi connectivity index (χ1) is 8.97. The highest BCUT2D eigenvalue weighted by molar-refractivity contribution is 7.09. The second-order valence-corrected chi connectivity index (χ2v) is 6.61. The molecule has 2 N–H and O–H groups in total. The van der Waals surface area contributed by atoms with Gasteiger partial charge in [0.2, 0.25) is 5.91 Å². The number of hydrogen-bond donors (Lipinski definition) is 2. The first kappa shape index (κ1) is 14.5. The zero-order chi connectivity index (χ0) is 14.0. The average molecular weight is 282 g/mol. The number of aromatic nitrogens is 1. The molecule has 4 nitrogen and oxygen atoms in total. The van der Waals surface area contributed by atoms with Crippen LogP contribution in [-0.2, 0) is 4.79 Å². The minimum Gasteiger partial charge on any atom is -0.392 e. The van der Waals surface area contributed by atoms with Crippen LogP contribution >= 0.6 is 11.3 Å². The van der Waals surface area contributed by atoms with Gasteiger partial charge in [0, 0.05) is 11.1 Å². The molecular formula is C14H22N2O2S. The van der Waals surface area contributed by atoms with Gasteiger partial charge in [-0.25, -0.2) is 4.98 Å². The SMILES string of the molecule is Cc1csc(C(NC(=O)CC(O)C(C)C)C2CC2)n1. The number of thiazole rings is 1. The fourth-order valence-electron chi connectivity index (χ4n) is 1.98. The van der Waals surface area contributed by atoms with Crippen LogP contribution in [0, 0.1) is 18.8 Å². The van der Waals surface area contributed by atoms with E-state index in [0.29, 0.717) is 5.92 Å². The Bertz CT molecular complexity index is 440. The van der Waals surface area contributed by atoms with Crippen LogP contribution in [0.3, 0.4) is 0 Å². The van der Waals surface area contributed by atoms with E-state index in [1.165, 1.54) is 0 Å². The Kier molecular flexibility index (Phi) is 4.58. The summed E-state index contributed by atoms with van der Waals surface area (Å²) < 4.78 is 0. The van der Waals surface area contributed by atoms with E-state index in [2.05, 4.69) is 10.3 Å². The Hall–Kier alpha value is -0.940. The van der Waals surface area contributed by atoms with E-state index < -0.39 is 6.10 Å². The number of aryl methyl sites for hydroxylation is 1. The van der Waals surface area contributed by atoms with E-state index in [9.17, 15) is 9.90 Å². The van der Waals surface area contributed by atoms with Gasteiger partial charge in [0.15, 0.2) is 0 Å². The van der Waals surface area contributed by atoms with Crippen LogP contribution in [0.5, 0.6) is 0 Å². The molecule has 106 valence electrons. The van der Waals surface area contributed by atoms with Crippen LogP contribution in [0.15, 0.2) is 5.38 Å². The molecule has 0 aliphatic heterocycles. The van der Waals surface area contributed by atoms with Crippen molar-refractivity contribution in [2.75, 3.05) is 0 Å². The Morgan fingerprint density at radius 3 is 2.74 bits per heavy atom. The molecule has 0 spiro atoms. The summed E-state index contributed by atoms with van der Waals surface area (Å²) in [5.74, 6) is 0.545. The van der Waals surface area contributed by atoms with Crippen molar-refractivity contribution in [1.82, 2.24) is 10.3 Å². The van der Waals surface area contributed by atoms with Gasteiger partial charge < -0.3 is 10.4 Å². The first-order valence-electron chi connectivity index (χ1n) is 6.87. The van der Waals surface area contributed by atoms with Crippen molar-refractivity contribution in [1.29, 1.82) is 0 Å². The lowest BCUT2D eigenvalue weighted by Gasteiger charge is -2.18. The van der Waals surface area contributed by atoms with E-state index in [1.807, 2.05) is 26.2 Å². The maximum atomic E-state index is 12.0. The predicted octanol–water partition coefficient (Wildman–Crippen LogP) is 2.43. The highest BCUT2D eigenvalue weighted by Gasteiger charge is 2.35. The normalized spacial score (nSPS) is 18.4. The molecule has 1 aliphatic carbocycles. The van der Waals surface area contributed by atoms with E-state index in [4.69, 9.17) is 0 Å². The topological polar surface area (TPSA) is 62.2 Å². The number of carbonyl (C=O) groups is 1. The number of rotatable bonds is 6. The Morgan fingerprint density at radius 1 is 1.58 bits per heavy atom. The fourth-order valence-corrected chi connectivity index (χ4v) is 2.92. The van der Waals surface area contributed by atoms with Gasteiger partial charge in [-0.15, -0.1) is 11.3 Å². The van der Waals surface area contributed by atoms with Gasteiger partial charge >= 0.3 is 0 Å². The van der Waals surface area contributed by atoms with Crippen molar-refractivity contribution in [3.63, 3.8) is 0 Å². The van der Waals surface area contributed by atoms with Gasteiger partial charge in [-0.3, -0.25) is 4.79 Å². The van der Waals surface area contributed by atoms with Gasteiger partial charge in [0.05, 0.1) is 18.6 Å². The van der Waals surface area contributed by atoms with E-state index in [1.54, 1.807) is 11.3 Å². The average Bonchev–Trinajstić information content (AvgIpc) is 3.08. The fraction of sp³-hybridized carbons (Fsp3) is 0.714. The molecule has 5 heteroatoms. The molecule has 2 atom stereocenters. The van der Waals surface area contributed by atoms with Crippen LogP contribution in [0.4, 0.5) is 0 Å². The third-order valence-corrected chi connectivity index (χ3v) is 4.52. The molecule has 0 bridgehead atoms. The van der Waals surface area contributed by atoms with Crippen molar-refractivity contribution in [2.24, 2.45) is 11.8 Å². The van der Waals surface area contributed by atoms with Crippen LogP contribution in [0.2, 0.25) is 0 Å². The van der Waals surface area contributed by atoms with Gasteiger partial charge in [0.1, 0.15) is 5.01 Å². The predicted molar refractivity (Wildman–Crippen MR) is 75.9 cm³/mol. The summed E-state index contributed by atoms with van der Waals surface area (Å²) >= 11 is 1.60. The molecule has 19 heavy (non-hydrogen) atoms. The molecule has 2 rings (SSSR count). The summed E-state index contributed by atoms with van der Waals surface area (Å²) in [6.07, 6.45) is 1.90. The van der Waals surface area contributed by atoms with Crippen molar-refractivity contribution in [3.8, 4) is 0 Å². The lowest BCUT2D eigenvalue weighted by Crippen LogP contribution is -2.33. The molecule has 2 unspecified atom stereocenters. The number of aliphatic hydroxyl groups is 1. The molecule has 1 fully saturated rings. The molecule has 1 aliphatic rings. The van der Waals surface area contributed by atoms with Crippen LogP contribution in [0.1, 0.15) is 49.9 Å². The highest BCUT2D eigenvalue weighted by Crippen LogP contribution is 2.41.